The SMILES string of the molecule is Nc1c(Nc2ccc(Cl)cc2F)cccc1C(=O)O. The molecule has 2 aromatic rings. The fraction of sp³-hybridized carbons (Fsp3) is 0. The van der Waals surface area contributed by atoms with Crippen LogP contribution in [0.25, 0.3) is 0 Å². The first-order valence-corrected chi connectivity index (χ1v) is 5.70. The Bertz CT molecular complexity index is 647. The minimum absolute atomic E-state index is 0.0422. The maximum atomic E-state index is 13.6. The zero-order chi connectivity index (χ0) is 14.0. The third-order valence-corrected chi connectivity index (χ3v) is 2.77. The summed E-state index contributed by atoms with van der Waals surface area (Å²) in [6, 6.07) is 8.59. The molecular formula is C13H10ClFN2O2. The standard InChI is InChI=1S/C13H10ClFN2O2/c14-7-4-5-10(9(15)6-7)17-11-3-1-2-8(12(11)16)13(18)19/h1-6,17H,16H2,(H,18,19). The van der Waals surface area contributed by atoms with Crippen molar-refractivity contribution in [2.45, 2.75) is 0 Å². The average molecular weight is 281 g/mol. The van der Waals surface area contributed by atoms with Crippen molar-refractivity contribution in [2.75, 3.05) is 11.1 Å². The van der Waals surface area contributed by atoms with Crippen LogP contribution in [-0.2, 0) is 0 Å². The van der Waals surface area contributed by atoms with Crippen molar-refractivity contribution in [3.8, 4) is 0 Å². The number of nitrogen functional groups attached to an aromatic ring is 1. The van der Waals surface area contributed by atoms with Crippen LogP contribution in [0.3, 0.4) is 0 Å². The summed E-state index contributed by atoms with van der Waals surface area (Å²) < 4.78 is 13.6. The van der Waals surface area contributed by atoms with Gasteiger partial charge < -0.3 is 16.2 Å². The van der Waals surface area contributed by atoms with Gasteiger partial charge in [-0.05, 0) is 30.3 Å². The van der Waals surface area contributed by atoms with Crippen molar-refractivity contribution in [1.82, 2.24) is 0 Å². The van der Waals surface area contributed by atoms with Crippen LogP contribution in [0, 0.1) is 5.82 Å². The lowest BCUT2D eigenvalue weighted by molar-refractivity contribution is 0.0698. The van der Waals surface area contributed by atoms with Gasteiger partial charge >= 0.3 is 5.97 Å². The van der Waals surface area contributed by atoms with Gasteiger partial charge in [-0.25, -0.2) is 9.18 Å². The Labute approximate surface area is 113 Å². The predicted octanol–water partition coefficient (Wildman–Crippen LogP) is 3.50. The minimum Gasteiger partial charge on any atom is -0.478 e. The lowest BCUT2D eigenvalue weighted by Crippen LogP contribution is -2.05. The molecule has 0 amide bonds. The first kappa shape index (κ1) is 13.2. The first-order chi connectivity index (χ1) is 8.99. The van der Waals surface area contributed by atoms with Gasteiger partial charge in [0.2, 0.25) is 0 Å². The lowest BCUT2D eigenvalue weighted by Gasteiger charge is -2.11. The molecule has 0 radical (unpaired) electrons. The van der Waals surface area contributed by atoms with Gasteiger partial charge in [-0.15, -0.1) is 0 Å². The topological polar surface area (TPSA) is 75.3 Å². The highest BCUT2D eigenvalue weighted by atomic mass is 35.5. The predicted molar refractivity (Wildman–Crippen MR) is 72.5 cm³/mol. The smallest absolute Gasteiger partial charge is 0.337 e. The Morgan fingerprint density at radius 1 is 1.26 bits per heavy atom. The molecule has 0 heterocycles. The summed E-state index contributed by atoms with van der Waals surface area (Å²) in [5.41, 5.74) is 6.21. The average Bonchev–Trinajstić information content (AvgIpc) is 2.34. The van der Waals surface area contributed by atoms with E-state index in [-0.39, 0.29) is 22.0 Å². The fourth-order valence-corrected chi connectivity index (χ4v) is 1.76. The maximum Gasteiger partial charge on any atom is 0.337 e. The number of nitrogens with two attached hydrogens (primary N) is 1. The molecule has 0 bridgehead atoms. The van der Waals surface area contributed by atoms with Crippen LogP contribution in [0.1, 0.15) is 10.4 Å². The van der Waals surface area contributed by atoms with E-state index >= 15 is 0 Å². The number of benzene rings is 2. The van der Waals surface area contributed by atoms with E-state index in [0.717, 1.165) is 6.07 Å². The second-order valence-electron chi connectivity index (χ2n) is 3.82. The van der Waals surface area contributed by atoms with E-state index in [2.05, 4.69) is 5.32 Å². The molecule has 0 spiro atoms. The fourth-order valence-electron chi connectivity index (χ4n) is 1.60. The molecule has 98 valence electrons. The van der Waals surface area contributed by atoms with Gasteiger partial charge in [0.05, 0.1) is 22.6 Å². The first-order valence-electron chi connectivity index (χ1n) is 5.33. The summed E-state index contributed by atoms with van der Waals surface area (Å²) in [4.78, 5) is 10.9. The van der Waals surface area contributed by atoms with E-state index < -0.39 is 11.8 Å². The molecule has 0 fully saturated rings. The molecule has 0 saturated carbocycles. The van der Waals surface area contributed by atoms with Gasteiger partial charge in [0.25, 0.3) is 0 Å². The second kappa shape index (κ2) is 5.16. The Morgan fingerprint density at radius 3 is 2.63 bits per heavy atom. The number of hydrogen-bond acceptors (Lipinski definition) is 3. The number of anilines is 3. The summed E-state index contributed by atoms with van der Waals surface area (Å²) >= 11 is 5.65. The van der Waals surface area contributed by atoms with E-state index in [1.165, 1.54) is 24.3 Å². The van der Waals surface area contributed by atoms with E-state index in [9.17, 15) is 9.18 Å². The van der Waals surface area contributed by atoms with Crippen LogP contribution in [-0.4, -0.2) is 11.1 Å². The molecule has 0 aliphatic heterocycles. The number of para-hydroxylation sites is 1. The summed E-state index contributed by atoms with van der Waals surface area (Å²) in [6.07, 6.45) is 0. The van der Waals surface area contributed by atoms with Gasteiger partial charge in [-0.1, -0.05) is 17.7 Å². The number of carboxylic acid groups (broad SMARTS) is 1. The number of nitrogens with one attached hydrogen (secondary N) is 1. The number of rotatable bonds is 3. The molecule has 0 aliphatic rings. The molecular weight excluding hydrogens is 271 g/mol. The number of hydrogen-bond donors (Lipinski definition) is 3. The summed E-state index contributed by atoms with van der Waals surface area (Å²) in [7, 11) is 0. The number of carboxylic acids is 1. The Hall–Kier alpha value is -2.27. The number of carbonyl (C=O) groups is 1. The Morgan fingerprint density at radius 2 is 2.00 bits per heavy atom. The number of aromatic carboxylic acids is 1. The minimum atomic E-state index is -1.14. The third-order valence-electron chi connectivity index (χ3n) is 2.54. The summed E-state index contributed by atoms with van der Waals surface area (Å²) in [5, 5.41) is 12.0. The molecule has 4 nitrogen and oxygen atoms in total. The molecule has 2 aromatic carbocycles. The monoisotopic (exact) mass is 280 g/mol. The van der Waals surface area contributed by atoms with Gasteiger partial charge in [0.15, 0.2) is 0 Å². The van der Waals surface area contributed by atoms with Crippen LogP contribution >= 0.6 is 11.6 Å². The molecule has 0 aliphatic carbocycles. The Balaban J connectivity index is 2.38. The molecule has 0 aromatic heterocycles. The van der Waals surface area contributed by atoms with Gasteiger partial charge in [0, 0.05) is 5.02 Å². The van der Waals surface area contributed by atoms with Crippen LogP contribution < -0.4 is 11.1 Å². The van der Waals surface area contributed by atoms with E-state index in [0.29, 0.717) is 5.69 Å². The van der Waals surface area contributed by atoms with Gasteiger partial charge in [-0.2, -0.15) is 0 Å². The lowest BCUT2D eigenvalue weighted by atomic mass is 10.1. The zero-order valence-electron chi connectivity index (χ0n) is 9.65. The quantitative estimate of drug-likeness (QED) is 0.752. The van der Waals surface area contributed by atoms with Gasteiger partial charge in [-0.3, -0.25) is 0 Å². The number of halogens is 2. The van der Waals surface area contributed by atoms with Crippen LogP contribution in [0.2, 0.25) is 5.02 Å². The van der Waals surface area contributed by atoms with E-state index in [1.807, 2.05) is 0 Å². The Kier molecular flexibility index (Phi) is 3.57. The molecule has 4 N–H and O–H groups in total. The van der Waals surface area contributed by atoms with Crippen molar-refractivity contribution in [1.29, 1.82) is 0 Å². The summed E-state index contributed by atoms with van der Waals surface area (Å²) in [6.45, 7) is 0. The van der Waals surface area contributed by atoms with Crippen LogP contribution in [0.4, 0.5) is 21.5 Å². The van der Waals surface area contributed by atoms with Crippen molar-refractivity contribution in [3.05, 3.63) is 52.8 Å². The van der Waals surface area contributed by atoms with Gasteiger partial charge in [0.1, 0.15) is 5.82 Å². The summed E-state index contributed by atoms with van der Waals surface area (Å²) in [5.74, 6) is -1.69. The van der Waals surface area contributed by atoms with Crippen LogP contribution in [0.15, 0.2) is 36.4 Å². The van der Waals surface area contributed by atoms with Crippen molar-refractivity contribution in [2.24, 2.45) is 0 Å². The molecule has 0 atom stereocenters. The zero-order valence-corrected chi connectivity index (χ0v) is 10.4. The molecule has 19 heavy (non-hydrogen) atoms. The van der Waals surface area contributed by atoms with E-state index in [4.69, 9.17) is 22.4 Å². The van der Waals surface area contributed by atoms with Crippen LogP contribution in [0.5, 0.6) is 0 Å². The molecule has 6 heteroatoms. The third kappa shape index (κ3) is 2.77. The maximum absolute atomic E-state index is 13.6. The van der Waals surface area contributed by atoms with Crippen molar-refractivity contribution >= 4 is 34.6 Å². The highest BCUT2D eigenvalue weighted by molar-refractivity contribution is 6.30. The largest absolute Gasteiger partial charge is 0.478 e. The normalized spacial score (nSPS) is 10.2. The molecule has 2 rings (SSSR count). The second-order valence-corrected chi connectivity index (χ2v) is 4.26. The van der Waals surface area contributed by atoms with Crippen molar-refractivity contribution < 1.29 is 14.3 Å². The highest BCUT2D eigenvalue weighted by Gasteiger charge is 2.12. The highest BCUT2D eigenvalue weighted by Crippen LogP contribution is 2.28. The molecule has 0 unspecified atom stereocenters. The van der Waals surface area contributed by atoms with E-state index in [1.54, 1.807) is 6.07 Å². The molecule has 0 saturated heterocycles. The van der Waals surface area contributed by atoms with Crippen molar-refractivity contribution in [3.63, 3.8) is 0 Å².